The van der Waals surface area contributed by atoms with Crippen LogP contribution in [0.3, 0.4) is 0 Å². The monoisotopic (exact) mass is 301 g/mol. The van der Waals surface area contributed by atoms with Crippen molar-refractivity contribution in [1.82, 2.24) is 4.72 Å². The Kier molecular flexibility index (Phi) is 3.59. The van der Waals surface area contributed by atoms with E-state index >= 15 is 0 Å². The van der Waals surface area contributed by atoms with Gasteiger partial charge in [0.05, 0.1) is 4.90 Å². The molecule has 21 heavy (non-hydrogen) atoms. The fourth-order valence-electron chi connectivity index (χ4n) is 2.92. The summed E-state index contributed by atoms with van der Waals surface area (Å²) in [6.45, 7) is 4.02. The Morgan fingerprint density at radius 3 is 2.38 bits per heavy atom. The van der Waals surface area contributed by atoms with E-state index < -0.39 is 10.0 Å². The number of fused-ring (bicyclic) bond motifs is 1. The van der Waals surface area contributed by atoms with Crippen LogP contribution in [0.15, 0.2) is 53.4 Å². The zero-order valence-corrected chi connectivity index (χ0v) is 13.0. The first kappa shape index (κ1) is 14.3. The van der Waals surface area contributed by atoms with Crippen LogP contribution >= 0.6 is 0 Å². The van der Waals surface area contributed by atoms with Crippen LogP contribution in [0.25, 0.3) is 0 Å². The minimum Gasteiger partial charge on any atom is -0.207 e. The van der Waals surface area contributed by atoms with Gasteiger partial charge in [-0.2, -0.15) is 0 Å². The highest BCUT2D eigenvalue weighted by Crippen LogP contribution is 2.33. The number of sulfonamides is 1. The van der Waals surface area contributed by atoms with Crippen molar-refractivity contribution in [3.05, 3.63) is 65.2 Å². The third-order valence-corrected chi connectivity index (χ3v) is 5.73. The number of hydrogen-bond donors (Lipinski definition) is 1. The summed E-state index contributed by atoms with van der Waals surface area (Å²) in [7, 11) is -3.46. The summed E-state index contributed by atoms with van der Waals surface area (Å²) >= 11 is 0. The Hall–Kier alpha value is -1.65. The van der Waals surface area contributed by atoms with E-state index in [-0.39, 0.29) is 12.0 Å². The maximum Gasteiger partial charge on any atom is 0.240 e. The van der Waals surface area contributed by atoms with E-state index in [4.69, 9.17) is 0 Å². The van der Waals surface area contributed by atoms with E-state index in [0.717, 1.165) is 12.0 Å². The number of hydrogen-bond acceptors (Lipinski definition) is 2. The Balaban J connectivity index is 1.83. The first-order chi connectivity index (χ1) is 9.97. The molecule has 1 N–H and O–H groups in total. The van der Waals surface area contributed by atoms with Crippen molar-refractivity contribution in [3.8, 4) is 0 Å². The van der Waals surface area contributed by atoms with Gasteiger partial charge in [0.25, 0.3) is 0 Å². The number of benzene rings is 2. The molecular formula is C17H19NO2S. The fourth-order valence-corrected chi connectivity index (χ4v) is 4.24. The van der Waals surface area contributed by atoms with Gasteiger partial charge in [-0.3, -0.25) is 0 Å². The largest absolute Gasteiger partial charge is 0.240 e. The molecule has 2 atom stereocenters. The Morgan fingerprint density at radius 2 is 1.71 bits per heavy atom. The molecule has 1 aliphatic carbocycles. The lowest BCUT2D eigenvalue weighted by atomic mass is 10.0. The van der Waals surface area contributed by atoms with Crippen molar-refractivity contribution >= 4 is 10.0 Å². The molecular weight excluding hydrogens is 282 g/mol. The van der Waals surface area contributed by atoms with Crippen LogP contribution in [0.2, 0.25) is 0 Å². The summed E-state index contributed by atoms with van der Waals surface area (Å²) in [6.07, 6.45) is 0.752. The van der Waals surface area contributed by atoms with Crippen LogP contribution in [-0.4, -0.2) is 14.5 Å². The first-order valence-electron chi connectivity index (χ1n) is 7.14. The van der Waals surface area contributed by atoms with Crippen LogP contribution in [0.1, 0.15) is 29.5 Å². The Bertz CT molecular complexity index is 751. The van der Waals surface area contributed by atoms with Gasteiger partial charge in [-0.1, -0.05) is 48.9 Å². The standard InChI is InChI=1S/C17H19NO2S/c1-12-7-9-15(10-8-12)21(19,20)18-17-11-14-5-3-4-6-16(14)13(17)2/h3-10,13,17-18H,11H2,1-2H3/t13-,17+/m0/s1. The molecule has 0 aromatic heterocycles. The normalized spacial score (nSPS) is 21.2. The molecule has 2 aromatic carbocycles. The molecule has 2 aromatic rings. The lowest BCUT2D eigenvalue weighted by molar-refractivity contribution is 0.524. The topological polar surface area (TPSA) is 46.2 Å². The highest BCUT2D eigenvalue weighted by Gasteiger charge is 2.32. The van der Waals surface area contributed by atoms with Crippen LogP contribution in [0.4, 0.5) is 0 Å². The first-order valence-corrected chi connectivity index (χ1v) is 8.62. The summed E-state index contributed by atoms with van der Waals surface area (Å²) in [5, 5.41) is 0. The van der Waals surface area contributed by atoms with Gasteiger partial charge in [-0.25, -0.2) is 13.1 Å². The smallest absolute Gasteiger partial charge is 0.207 e. The van der Waals surface area contributed by atoms with Crippen molar-refractivity contribution < 1.29 is 8.42 Å². The second-order valence-electron chi connectivity index (χ2n) is 5.73. The van der Waals surface area contributed by atoms with Gasteiger partial charge in [0, 0.05) is 6.04 Å². The molecule has 110 valence electrons. The Labute approximate surface area is 126 Å². The molecule has 0 fully saturated rings. The summed E-state index contributed by atoms with van der Waals surface area (Å²) in [4.78, 5) is 0.330. The average Bonchev–Trinajstić information content (AvgIpc) is 2.76. The summed E-state index contributed by atoms with van der Waals surface area (Å²) in [5.74, 6) is 0.196. The zero-order chi connectivity index (χ0) is 15.0. The van der Waals surface area contributed by atoms with Gasteiger partial charge in [-0.15, -0.1) is 0 Å². The molecule has 3 nitrogen and oxygen atoms in total. The van der Waals surface area contributed by atoms with Gasteiger partial charge in [-0.05, 0) is 42.5 Å². The van der Waals surface area contributed by atoms with Crippen molar-refractivity contribution in [2.24, 2.45) is 0 Å². The second-order valence-corrected chi connectivity index (χ2v) is 7.45. The van der Waals surface area contributed by atoms with Crippen LogP contribution in [0.5, 0.6) is 0 Å². The summed E-state index contributed by atoms with van der Waals surface area (Å²) < 4.78 is 27.8. The zero-order valence-electron chi connectivity index (χ0n) is 12.2. The van der Waals surface area contributed by atoms with Gasteiger partial charge >= 0.3 is 0 Å². The molecule has 4 heteroatoms. The molecule has 0 spiro atoms. The summed E-state index contributed by atoms with van der Waals surface area (Å²) in [5.41, 5.74) is 3.53. The quantitative estimate of drug-likeness (QED) is 0.947. The fraction of sp³-hybridized carbons (Fsp3) is 0.294. The minimum atomic E-state index is -3.46. The van der Waals surface area contributed by atoms with E-state index in [2.05, 4.69) is 23.8 Å². The molecule has 3 rings (SSSR count). The molecule has 0 amide bonds. The maximum absolute atomic E-state index is 12.5. The van der Waals surface area contributed by atoms with E-state index in [1.807, 2.05) is 31.2 Å². The van der Waals surface area contributed by atoms with E-state index in [1.54, 1.807) is 12.1 Å². The molecule has 0 aliphatic heterocycles. The van der Waals surface area contributed by atoms with Crippen LogP contribution in [-0.2, 0) is 16.4 Å². The lowest BCUT2D eigenvalue weighted by Crippen LogP contribution is -2.37. The molecule has 0 heterocycles. The third kappa shape index (κ3) is 2.74. The summed E-state index contributed by atoms with van der Waals surface area (Å²) in [6, 6.07) is 15.0. The average molecular weight is 301 g/mol. The van der Waals surface area contributed by atoms with Crippen molar-refractivity contribution in [1.29, 1.82) is 0 Å². The highest BCUT2D eigenvalue weighted by atomic mass is 32.2. The predicted molar refractivity (Wildman–Crippen MR) is 83.8 cm³/mol. The second kappa shape index (κ2) is 5.28. The molecule has 0 saturated carbocycles. The minimum absolute atomic E-state index is 0.0753. The molecule has 1 aliphatic rings. The van der Waals surface area contributed by atoms with Crippen LogP contribution < -0.4 is 4.72 Å². The lowest BCUT2D eigenvalue weighted by Gasteiger charge is -2.18. The van der Waals surface area contributed by atoms with Gasteiger partial charge in [0.1, 0.15) is 0 Å². The van der Waals surface area contributed by atoms with Crippen molar-refractivity contribution in [2.75, 3.05) is 0 Å². The van der Waals surface area contributed by atoms with E-state index in [0.29, 0.717) is 4.90 Å². The number of aryl methyl sites for hydroxylation is 1. The Morgan fingerprint density at radius 1 is 1.05 bits per heavy atom. The molecule has 0 unspecified atom stereocenters. The maximum atomic E-state index is 12.5. The van der Waals surface area contributed by atoms with Crippen molar-refractivity contribution in [3.63, 3.8) is 0 Å². The van der Waals surface area contributed by atoms with Gasteiger partial charge < -0.3 is 0 Å². The number of nitrogens with one attached hydrogen (secondary N) is 1. The highest BCUT2D eigenvalue weighted by molar-refractivity contribution is 7.89. The third-order valence-electron chi connectivity index (χ3n) is 4.23. The van der Waals surface area contributed by atoms with Gasteiger partial charge in [0.15, 0.2) is 0 Å². The van der Waals surface area contributed by atoms with Gasteiger partial charge in [0.2, 0.25) is 10.0 Å². The number of rotatable bonds is 3. The SMILES string of the molecule is Cc1ccc(S(=O)(=O)N[C@@H]2Cc3ccccc3[C@@H]2C)cc1. The predicted octanol–water partition coefficient (Wildman–Crippen LogP) is 3.00. The van der Waals surface area contributed by atoms with E-state index in [9.17, 15) is 8.42 Å². The van der Waals surface area contributed by atoms with Crippen molar-refractivity contribution in [2.45, 2.75) is 37.1 Å². The van der Waals surface area contributed by atoms with E-state index in [1.165, 1.54) is 11.1 Å². The van der Waals surface area contributed by atoms with Crippen LogP contribution in [0, 0.1) is 6.92 Å². The molecule has 0 saturated heterocycles. The molecule has 0 radical (unpaired) electrons. The molecule has 0 bridgehead atoms.